The van der Waals surface area contributed by atoms with Gasteiger partial charge in [-0.25, -0.2) is 4.79 Å². The predicted molar refractivity (Wildman–Crippen MR) is 95.4 cm³/mol. The zero-order valence-corrected chi connectivity index (χ0v) is 15.1. The van der Waals surface area contributed by atoms with Crippen molar-refractivity contribution in [2.24, 2.45) is 11.8 Å². The summed E-state index contributed by atoms with van der Waals surface area (Å²) in [6.07, 6.45) is 11.3. The monoisotopic (exact) mass is 333 g/mol. The van der Waals surface area contributed by atoms with Gasteiger partial charge in [-0.05, 0) is 44.9 Å². The Bertz CT molecular complexity index is 491. The Labute approximate surface area is 145 Å². The van der Waals surface area contributed by atoms with Crippen LogP contribution >= 0.6 is 0 Å². The van der Waals surface area contributed by atoms with E-state index < -0.39 is 12.1 Å². The molecule has 0 aromatic rings. The van der Waals surface area contributed by atoms with Gasteiger partial charge in [-0.1, -0.05) is 44.4 Å². The van der Waals surface area contributed by atoms with Gasteiger partial charge in [-0.3, -0.25) is 4.79 Å². The SMILES string of the molecule is C=CC(=O)OC(C(=O)NC1CCCCC1)C(C)C1CC=C(C)CC1. The molecule has 1 amide bonds. The van der Waals surface area contributed by atoms with Crippen molar-refractivity contribution in [3.05, 3.63) is 24.3 Å². The zero-order valence-electron chi connectivity index (χ0n) is 15.1. The van der Waals surface area contributed by atoms with Gasteiger partial charge in [0.2, 0.25) is 0 Å². The van der Waals surface area contributed by atoms with Gasteiger partial charge in [0.25, 0.3) is 5.91 Å². The summed E-state index contributed by atoms with van der Waals surface area (Å²) in [6, 6.07) is 0.219. The third-order valence-electron chi connectivity index (χ3n) is 5.52. The Hall–Kier alpha value is -1.58. The highest BCUT2D eigenvalue weighted by molar-refractivity contribution is 5.87. The molecule has 2 aliphatic carbocycles. The lowest BCUT2D eigenvalue weighted by Gasteiger charge is -2.33. The molecule has 0 bridgehead atoms. The van der Waals surface area contributed by atoms with E-state index in [-0.39, 0.29) is 17.9 Å². The minimum atomic E-state index is -0.728. The Kier molecular flexibility index (Phi) is 7.07. The van der Waals surface area contributed by atoms with E-state index in [1.54, 1.807) is 0 Å². The van der Waals surface area contributed by atoms with Crippen molar-refractivity contribution in [3.63, 3.8) is 0 Å². The van der Waals surface area contributed by atoms with E-state index in [9.17, 15) is 9.59 Å². The van der Waals surface area contributed by atoms with Crippen LogP contribution in [-0.4, -0.2) is 24.0 Å². The molecule has 1 N–H and O–H groups in total. The summed E-state index contributed by atoms with van der Waals surface area (Å²) in [5.74, 6) is -0.292. The fraction of sp³-hybridized carbons (Fsp3) is 0.700. The lowest BCUT2D eigenvalue weighted by atomic mass is 9.79. The molecule has 0 radical (unpaired) electrons. The molecule has 2 rings (SSSR count). The number of esters is 1. The summed E-state index contributed by atoms with van der Waals surface area (Å²) >= 11 is 0. The van der Waals surface area contributed by atoms with Crippen molar-refractivity contribution in [3.8, 4) is 0 Å². The molecule has 0 aliphatic heterocycles. The molecule has 2 aliphatic rings. The predicted octanol–water partition coefficient (Wildman–Crippen LogP) is 3.92. The van der Waals surface area contributed by atoms with Gasteiger partial charge in [-0.15, -0.1) is 0 Å². The van der Waals surface area contributed by atoms with Gasteiger partial charge in [0.15, 0.2) is 6.10 Å². The Morgan fingerprint density at radius 1 is 1.29 bits per heavy atom. The van der Waals surface area contributed by atoms with Crippen molar-refractivity contribution in [1.29, 1.82) is 0 Å². The maximum Gasteiger partial charge on any atom is 0.330 e. The van der Waals surface area contributed by atoms with E-state index in [2.05, 4.69) is 24.9 Å². The first-order valence-corrected chi connectivity index (χ1v) is 9.30. The summed E-state index contributed by atoms with van der Waals surface area (Å²) < 4.78 is 5.46. The number of ether oxygens (including phenoxy) is 1. The molecular weight excluding hydrogens is 302 g/mol. The summed E-state index contributed by atoms with van der Waals surface area (Å²) in [7, 11) is 0. The number of nitrogens with one attached hydrogen (secondary N) is 1. The highest BCUT2D eigenvalue weighted by Gasteiger charge is 2.35. The lowest BCUT2D eigenvalue weighted by Crippen LogP contribution is -2.48. The fourth-order valence-corrected chi connectivity index (χ4v) is 3.81. The van der Waals surface area contributed by atoms with Crippen molar-refractivity contribution in [2.75, 3.05) is 0 Å². The second kappa shape index (κ2) is 9.05. The molecule has 4 nitrogen and oxygen atoms in total. The van der Waals surface area contributed by atoms with Crippen LogP contribution < -0.4 is 5.32 Å². The van der Waals surface area contributed by atoms with Gasteiger partial charge in [-0.2, -0.15) is 0 Å². The van der Waals surface area contributed by atoms with Crippen LogP contribution in [0.3, 0.4) is 0 Å². The van der Waals surface area contributed by atoms with Crippen LogP contribution in [0.25, 0.3) is 0 Å². The molecule has 1 fully saturated rings. The quantitative estimate of drug-likeness (QED) is 0.455. The molecule has 1 saturated carbocycles. The molecule has 0 heterocycles. The Balaban J connectivity index is 2.03. The summed E-state index contributed by atoms with van der Waals surface area (Å²) in [5.41, 5.74) is 1.41. The molecular formula is C20H31NO3. The van der Waals surface area contributed by atoms with Crippen LogP contribution in [0.4, 0.5) is 0 Å². The van der Waals surface area contributed by atoms with Gasteiger partial charge in [0.05, 0.1) is 0 Å². The standard InChI is InChI=1S/C20H31NO3/c1-4-18(22)24-19(15(3)16-12-10-14(2)11-13-16)20(23)21-17-8-6-5-7-9-17/h4,10,15-17,19H,1,5-9,11-13H2,2-3H3,(H,21,23). The summed E-state index contributed by atoms with van der Waals surface area (Å²) in [6.45, 7) is 7.63. The van der Waals surface area contributed by atoms with Gasteiger partial charge < -0.3 is 10.1 Å². The maximum atomic E-state index is 12.8. The number of hydrogen-bond acceptors (Lipinski definition) is 3. The first-order chi connectivity index (χ1) is 11.5. The van der Waals surface area contributed by atoms with Crippen LogP contribution in [0.2, 0.25) is 0 Å². The van der Waals surface area contributed by atoms with Crippen LogP contribution in [-0.2, 0) is 14.3 Å². The molecule has 0 saturated heterocycles. The average molecular weight is 333 g/mol. The Morgan fingerprint density at radius 3 is 2.58 bits per heavy atom. The van der Waals surface area contributed by atoms with Crippen LogP contribution in [0, 0.1) is 11.8 Å². The van der Waals surface area contributed by atoms with E-state index in [0.29, 0.717) is 5.92 Å². The topological polar surface area (TPSA) is 55.4 Å². The highest BCUT2D eigenvalue weighted by atomic mass is 16.5. The van der Waals surface area contributed by atoms with Crippen LogP contribution in [0.5, 0.6) is 0 Å². The molecule has 0 aromatic carbocycles. The van der Waals surface area contributed by atoms with E-state index in [1.165, 1.54) is 12.0 Å². The van der Waals surface area contributed by atoms with Crippen molar-refractivity contribution in [1.82, 2.24) is 5.32 Å². The Morgan fingerprint density at radius 2 is 2.00 bits per heavy atom. The summed E-state index contributed by atoms with van der Waals surface area (Å²) in [5, 5.41) is 3.11. The smallest absolute Gasteiger partial charge is 0.330 e. The molecule has 134 valence electrons. The minimum absolute atomic E-state index is 0.00170. The van der Waals surface area contributed by atoms with Gasteiger partial charge in [0, 0.05) is 18.0 Å². The number of carbonyl (C=O) groups excluding carboxylic acids is 2. The third kappa shape index (κ3) is 5.22. The van der Waals surface area contributed by atoms with Crippen molar-refractivity contribution >= 4 is 11.9 Å². The largest absolute Gasteiger partial charge is 0.449 e. The number of carbonyl (C=O) groups is 2. The third-order valence-corrected chi connectivity index (χ3v) is 5.52. The molecule has 3 atom stereocenters. The van der Waals surface area contributed by atoms with E-state index in [1.807, 2.05) is 6.92 Å². The number of hydrogen-bond donors (Lipinski definition) is 1. The van der Waals surface area contributed by atoms with Gasteiger partial charge >= 0.3 is 5.97 Å². The molecule has 3 unspecified atom stereocenters. The number of allylic oxidation sites excluding steroid dienone is 2. The van der Waals surface area contributed by atoms with E-state index in [0.717, 1.165) is 51.0 Å². The molecule has 0 aromatic heterocycles. The maximum absolute atomic E-state index is 12.8. The molecule has 24 heavy (non-hydrogen) atoms. The first kappa shape index (κ1) is 18.8. The second-order valence-electron chi connectivity index (χ2n) is 7.35. The highest BCUT2D eigenvalue weighted by Crippen LogP contribution is 2.32. The van der Waals surface area contributed by atoms with Crippen molar-refractivity contribution < 1.29 is 14.3 Å². The average Bonchev–Trinajstić information content (AvgIpc) is 2.60. The lowest BCUT2D eigenvalue weighted by molar-refractivity contribution is -0.156. The zero-order chi connectivity index (χ0) is 17.5. The fourth-order valence-electron chi connectivity index (χ4n) is 3.81. The molecule has 0 spiro atoms. The van der Waals surface area contributed by atoms with E-state index >= 15 is 0 Å². The number of amides is 1. The molecule has 4 heteroatoms. The van der Waals surface area contributed by atoms with Crippen molar-refractivity contribution in [2.45, 2.75) is 77.4 Å². The number of rotatable bonds is 6. The second-order valence-corrected chi connectivity index (χ2v) is 7.35. The minimum Gasteiger partial charge on any atom is -0.449 e. The normalized spacial score (nSPS) is 24.4. The van der Waals surface area contributed by atoms with Crippen LogP contribution in [0.15, 0.2) is 24.3 Å². The first-order valence-electron chi connectivity index (χ1n) is 9.30. The summed E-state index contributed by atoms with van der Waals surface area (Å²) in [4.78, 5) is 24.5. The van der Waals surface area contributed by atoms with Crippen LogP contribution in [0.1, 0.15) is 65.2 Å². The van der Waals surface area contributed by atoms with E-state index in [4.69, 9.17) is 4.74 Å². The van der Waals surface area contributed by atoms with Gasteiger partial charge in [0.1, 0.15) is 0 Å².